The van der Waals surface area contributed by atoms with Crippen LogP contribution >= 0.6 is 0 Å². The van der Waals surface area contributed by atoms with Crippen LogP contribution in [0.4, 0.5) is 4.79 Å². The number of esters is 1. The molecule has 1 unspecified atom stereocenters. The monoisotopic (exact) mass is 333 g/mol. The summed E-state index contributed by atoms with van der Waals surface area (Å²) in [5.41, 5.74) is -0.424. The summed E-state index contributed by atoms with van der Waals surface area (Å²) in [5, 5.41) is 2.69. The van der Waals surface area contributed by atoms with E-state index in [2.05, 4.69) is 11.9 Å². The molecule has 0 radical (unpaired) electrons. The van der Waals surface area contributed by atoms with E-state index in [4.69, 9.17) is 9.47 Å². The molecular formula is C19H27NO4. The minimum Gasteiger partial charge on any atom is -0.457 e. The first-order valence-corrected chi connectivity index (χ1v) is 7.86. The lowest BCUT2D eigenvalue weighted by Crippen LogP contribution is -2.37. The van der Waals surface area contributed by atoms with Gasteiger partial charge in [-0.2, -0.15) is 0 Å². The van der Waals surface area contributed by atoms with Gasteiger partial charge in [0.1, 0.15) is 11.2 Å². The molecule has 0 aromatic heterocycles. The van der Waals surface area contributed by atoms with Gasteiger partial charge in [0.15, 0.2) is 0 Å². The van der Waals surface area contributed by atoms with Crippen molar-refractivity contribution in [3.05, 3.63) is 48.0 Å². The SMILES string of the molecule is C=C(C(=O)OC(C)(C)C)C(NC(=O)OC(C)(C)C)c1ccccc1. The van der Waals surface area contributed by atoms with Crippen LogP contribution in [0.25, 0.3) is 0 Å². The van der Waals surface area contributed by atoms with E-state index < -0.39 is 29.3 Å². The second-order valence-electron chi connectivity index (χ2n) is 7.52. The molecule has 1 rings (SSSR count). The van der Waals surface area contributed by atoms with Crippen molar-refractivity contribution in [1.82, 2.24) is 5.32 Å². The molecular weight excluding hydrogens is 306 g/mol. The normalized spacial score (nSPS) is 12.9. The topological polar surface area (TPSA) is 64.6 Å². The Hall–Kier alpha value is -2.30. The van der Waals surface area contributed by atoms with Gasteiger partial charge in [0.05, 0.1) is 11.6 Å². The summed E-state index contributed by atoms with van der Waals surface area (Å²) >= 11 is 0. The van der Waals surface area contributed by atoms with Gasteiger partial charge in [0.2, 0.25) is 0 Å². The Morgan fingerprint density at radius 1 is 0.958 bits per heavy atom. The number of benzene rings is 1. The largest absolute Gasteiger partial charge is 0.457 e. The van der Waals surface area contributed by atoms with Crippen LogP contribution < -0.4 is 5.32 Å². The van der Waals surface area contributed by atoms with Gasteiger partial charge in [0.25, 0.3) is 0 Å². The van der Waals surface area contributed by atoms with Crippen LogP contribution in [0.15, 0.2) is 42.5 Å². The van der Waals surface area contributed by atoms with Gasteiger partial charge < -0.3 is 14.8 Å². The van der Waals surface area contributed by atoms with E-state index in [-0.39, 0.29) is 5.57 Å². The molecule has 0 bridgehead atoms. The van der Waals surface area contributed by atoms with Gasteiger partial charge in [-0.05, 0) is 47.1 Å². The first-order chi connectivity index (χ1) is 10.9. The smallest absolute Gasteiger partial charge is 0.408 e. The van der Waals surface area contributed by atoms with Crippen molar-refractivity contribution < 1.29 is 19.1 Å². The standard InChI is InChI=1S/C19H27NO4/c1-13(16(21)23-18(2,3)4)15(14-11-9-8-10-12-14)20-17(22)24-19(5,6)7/h8-12,15H,1H2,2-7H3,(H,20,22). The third-order valence-electron chi connectivity index (χ3n) is 2.80. The number of alkyl carbamates (subject to hydrolysis) is 1. The van der Waals surface area contributed by atoms with E-state index in [1.807, 2.05) is 18.2 Å². The molecule has 0 aliphatic carbocycles. The lowest BCUT2D eigenvalue weighted by atomic mass is 10.00. The Morgan fingerprint density at radius 2 is 1.46 bits per heavy atom. The molecule has 0 saturated heterocycles. The summed E-state index contributed by atoms with van der Waals surface area (Å²) in [4.78, 5) is 24.5. The highest BCUT2D eigenvalue weighted by atomic mass is 16.6. The maximum atomic E-state index is 12.3. The quantitative estimate of drug-likeness (QED) is 0.664. The van der Waals surface area contributed by atoms with Crippen molar-refractivity contribution in [2.75, 3.05) is 0 Å². The first-order valence-electron chi connectivity index (χ1n) is 7.86. The van der Waals surface area contributed by atoms with Crippen molar-refractivity contribution in [2.45, 2.75) is 58.8 Å². The lowest BCUT2D eigenvalue weighted by molar-refractivity contribution is -0.150. The van der Waals surface area contributed by atoms with Crippen LogP contribution in [0.1, 0.15) is 53.1 Å². The van der Waals surface area contributed by atoms with E-state index in [0.717, 1.165) is 5.56 Å². The number of hydrogen-bond acceptors (Lipinski definition) is 4. The number of rotatable bonds is 4. The first kappa shape index (κ1) is 19.7. The molecule has 132 valence electrons. The molecule has 24 heavy (non-hydrogen) atoms. The van der Waals surface area contributed by atoms with Crippen LogP contribution in [-0.4, -0.2) is 23.3 Å². The van der Waals surface area contributed by atoms with Crippen molar-refractivity contribution in [3.63, 3.8) is 0 Å². The van der Waals surface area contributed by atoms with E-state index >= 15 is 0 Å². The molecule has 0 aliphatic heterocycles. The van der Waals surface area contributed by atoms with Crippen LogP contribution in [0.5, 0.6) is 0 Å². The fraction of sp³-hybridized carbons (Fsp3) is 0.474. The molecule has 1 amide bonds. The Kier molecular flexibility index (Phi) is 6.18. The number of carbonyl (C=O) groups excluding carboxylic acids is 2. The van der Waals surface area contributed by atoms with Gasteiger partial charge in [-0.1, -0.05) is 36.9 Å². The summed E-state index contributed by atoms with van der Waals surface area (Å²) < 4.78 is 10.6. The molecule has 0 saturated carbocycles. The average molecular weight is 333 g/mol. The molecule has 5 heteroatoms. The number of hydrogen-bond donors (Lipinski definition) is 1. The predicted molar refractivity (Wildman–Crippen MR) is 93.5 cm³/mol. The van der Waals surface area contributed by atoms with Gasteiger partial charge in [-0.25, -0.2) is 9.59 Å². The second-order valence-corrected chi connectivity index (χ2v) is 7.52. The van der Waals surface area contributed by atoms with Crippen LogP contribution in [-0.2, 0) is 14.3 Å². The van der Waals surface area contributed by atoms with E-state index in [9.17, 15) is 9.59 Å². The summed E-state index contributed by atoms with van der Waals surface area (Å²) in [5.74, 6) is -0.563. The molecule has 0 fully saturated rings. The van der Waals surface area contributed by atoms with Gasteiger partial charge in [-0.3, -0.25) is 0 Å². The zero-order chi connectivity index (χ0) is 18.5. The van der Waals surface area contributed by atoms with Crippen LogP contribution in [0.3, 0.4) is 0 Å². The molecule has 1 aromatic carbocycles. The van der Waals surface area contributed by atoms with Crippen LogP contribution in [0, 0.1) is 0 Å². The molecule has 1 atom stereocenters. The number of ether oxygens (including phenoxy) is 2. The maximum Gasteiger partial charge on any atom is 0.408 e. The van der Waals surface area contributed by atoms with Gasteiger partial charge in [0, 0.05) is 0 Å². The Morgan fingerprint density at radius 3 is 1.92 bits per heavy atom. The van der Waals surface area contributed by atoms with Gasteiger partial charge >= 0.3 is 12.1 Å². The highest BCUT2D eigenvalue weighted by molar-refractivity contribution is 5.90. The van der Waals surface area contributed by atoms with Crippen molar-refractivity contribution >= 4 is 12.1 Å². The molecule has 0 aliphatic rings. The Labute approximate surface area is 144 Å². The molecule has 1 N–H and O–H groups in total. The zero-order valence-electron chi connectivity index (χ0n) is 15.3. The minimum absolute atomic E-state index is 0.141. The summed E-state index contributed by atoms with van der Waals surface area (Å²) in [6.45, 7) is 14.5. The van der Waals surface area contributed by atoms with Crippen molar-refractivity contribution in [2.24, 2.45) is 0 Å². The second kappa shape index (κ2) is 7.51. The highest BCUT2D eigenvalue weighted by Crippen LogP contribution is 2.24. The van der Waals surface area contributed by atoms with E-state index in [1.54, 1.807) is 53.7 Å². The fourth-order valence-electron chi connectivity index (χ4n) is 1.90. The molecule has 0 spiro atoms. The van der Waals surface area contributed by atoms with Crippen molar-refractivity contribution in [1.29, 1.82) is 0 Å². The third kappa shape index (κ3) is 6.86. The van der Waals surface area contributed by atoms with Gasteiger partial charge in [-0.15, -0.1) is 0 Å². The highest BCUT2D eigenvalue weighted by Gasteiger charge is 2.28. The summed E-state index contributed by atoms with van der Waals surface area (Å²) in [6.07, 6.45) is -0.624. The fourth-order valence-corrected chi connectivity index (χ4v) is 1.90. The maximum absolute atomic E-state index is 12.3. The van der Waals surface area contributed by atoms with Crippen LogP contribution in [0.2, 0.25) is 0 Å². The summed E-state index contributed by atoms with van der Waals surface area (Å²) in [7, 11) is 0. The van der Waals surface area contributed by atoms with E-state index in [0.29, 0.717) is 0 Å². The number of carbonyl (C=O) groups is 2. The lowest BCUT2D eigenvalue weighted by Gasteiger charge is -2.26. The number of amides is 1. The Balaban J connectivity index is 3.00. The molecule has 0 heterocycles. The Bertz CT molecular complexity index is 594. The summed E-state index contributed by atoms with van der Waals surface area (Å²) in [6, 6.07) is 8.37. The average Bonchev–Trinajstić information content (AvgIpc) is 2.41. The van der Waals surface area contributed by atoms with Crippen molar-refractivity contribution in [3.8, 4) is 0 Å². The minimum atomic E-state index is -0.726. The molecule has 1 aromatic rings. The molecule has 5 nitrogen and oxygen atoms in total. The zero-order valence-corrected chi connectivity index (χ0v) is 15.3. The third-order valence-corrected chi connectivity index (χ3v) is 2.80. The predicted octanol–water partition coefficient (Wildman–Crippen LogP) is 4.15. The van der Waals surface area contributed by atoms with E-state index in [1.165, 1.54) is 0 Å². The number of nitrogens with one attached hydrogen (secondary N) is 1.